The molecule has 1 unspecified atom stereocenters. The van der Waals surface area contributed by atoms with E-state index in [1.807, 2.05) is 12.1 Å². The molecule has 1 saturated carbocycles. The van der Waals surface area contributed by atoms with Crippen LogP contribution in [-0.2, 0) is 16.0 Å². The highest BCUT2D eigenvalue weighted by Gasteiger charge is 2.39. The summed E-state index contributed by atoms with van der Waals surface area (Å²) in [6.45, 7) is 4.11. The van der Waals surface area contributed by atoms with Gasteiger partial charge >= 0.3 is 0 Å². The van der Waals surface area contributed by atoms with E-state index in [1.165, 1.54) is 18.4 Å². The highest BCUT2D eigenvalue weighted by Crippen LogP contribution is 2.38. The van der Waals surface area contributed by atoms with Gasteiger partial charge < -0.3 is 9.53 Å². The van der Waals surface area contributed by atoms with Crippen LogP contribution >= 0.6 is 0 Å². The van der Waals surface area contributed by atoms with Gasteiger partial charge in [-0.25, -0.2) is 0 Å². The summed E-state index contributed by atoms with van der Waals surface area (Å²) in [5.41, 5.74) is 2.37. The number of rotatable bonds is 9. The number of hydrogen-bond acceptors (Lipinski definition) is 4. The molecule has 0 radical (unpaired) electrons. The molecular weight excluding hydrogens is 314 g/mol. The number of hydrogen-bond donors (Lipinski definition) is 0. The monoisotopic (exact) mass is 343 g/mol. The molecule has 25 heavy (non-hydrogen) atoms. The second kappa shape index (κ2) is 8.13. The van der Waals surface area contributed by atoms with Crippen LogP contribution in [0.15, 0.2) is 18.2 Å². The van der Waals surface area contributed by atoms with Crippen molar-refractivity contribution in [2.75, 3.05) is 20.2 Å². The van der Waals surface area contributed by atoms with Gasteiger partial charge in [-0.2, -0.15) is 0 Å². The second-order valence-electron chi connectivity index (χ2n) is 7.37. The first-order valence-electron chi connectivity index (χ1n) is 9.56. The van der Waals surface area contributed by atoms with Gasteiger partial charge in [0.2, 0.25) is 0 Å². The first-order valence-corrected chi connectivity index (χ1v) is 9.56. The molecule has 2 atom stereocenters. The van der Waals surface area contributed by atoms with Crippen molar-refractivity contribution in [3.05, 3.63) is 29.3 Å². The van der Waals surface area contributed by atoms with Gasteiger partial charge in [-0.1, -0.05) is 13.0 Å². The van der Waals surface area contributed by atoms with Gasteiger partial charge in [0.05, 0.1) is 13.2 Å². The number of ether oxygens (including phenoxy) is 1. The van der Waals surface area contributed by atoms with Crippen LogP contribution in [0.25, 0.3) is 0 Å². The van der Waals surface area contributed by atoms with Crippen molar-refractivity contribution in [3.63, 3.8) is 0 Å². The van der Waals surface area contributed by atoms with E-state index in [9.17, 15) is 9.59 Å². The van der Waals surface area contributed by atoms with E-state index >= 15 is 0 Å². The number of aldehydes is 1. The van der Waals surface area contributed by atoms with Gasteiger partial charge in [0.25, 0.3) is 0 Å². The molecule has 0 spiro atoms. The molecule has 0 saturated heterocycles. The Kier molecular flexibility index (Phi) is 5.89. The zero-order chi connectivity index (χ0) is 17.8. The van der Waals surface area contributed by atoms with Crippen LogP contribution in [0.2, 0.25) is 0 Å². The number of carbonyl (C=O) groups excluding carboxylic acids is 2. The maximum Gasteiger partial charge on any atom is 0.157 e. The lowest BCUT2D eigenvalue weighted by atomic mass is 9.76. The minimum Gasteiger partial charge on any atom is -0.497 e. The molecule has 3 rings (SSSR count). The third-order valence-corrected chi connectivity index (χ3v) is 5.66. The van der Waals surface area contributed by atoms with Gasteiger partial charge in [-0.05, 0) is 67.8 Å². The van der Waals surface area contributed by atoms with Crippen LogP contribution in [0, 0.1) is 5.92 Å². The van der Waals surface area contributed by atoms with Crippen LogP contribution in [0.1, 0.15) is 56.1 Å². The second-order valence-corrected chi connectivity index (χ2v) is 7.37. The molecule has 0 aliphatic heterocycles. The fraction of sp³-hybridized carbons (Fsp3) is 0.619. The number of ketones is 1. The Morgan fingerprint density at radius 1 is 1.32 bits per heavy atom. The van der Waals surface area contributed by atoms with E-state index in [4.69, 9.17) is 4.74 Å². The van der Waals surface area contributed by atoms with Gasteiger partial charge in [0.15, 0.2) is 5.78 Å². The number of carbonyl (C=O) groups is 2. The van der Waals surface area contributed by atoms with Crippen molar-refractivity contribution in [1.29, 1.82) is 0 Å². The summed E-state index contributed by atoms with van der Waals surface area (Å²) in [5, 5.41) is 0. The van der Waals surface area contributed by atoms with Crippen molar-refractivity contribution in [2.24, 2.45) is 5.92 Å². The molecule has 0 heterocycles. The average Bonchev–Trinajstić information content (AvgIpc) is 3.45. The molecule has 1 fully saturated rings. The van der Waals surface area contributed by atoms with E-state index in [2.05, 4.69) is 17.9 Å². The largest absolute Gasteiger partial charge is 0.497 e. The highest BCUT2D eigenvalue weighted by molar-refractivity contribution is 5.93. The van der Waals surface area contributed by atoms with Crippen molar-refractivity contribution in [1.82, 2.24) is 4.90 Å². The molecule has 2 aliphatic rings. The van der Waals surface area contributed by atoms with E-state index in [1.54, 1.807) is 7.11 Å². The Bertz CT molecular complexity index is 624. The number of unbranched alkanes of at least 4 members (excludes halogenated alkanes) is 1. The molecule has 136 valence electrons. The molecule has 0 aromatic heterocycles. The van der Waals surface area contributed by atoms with Crippen molar-refractivity contribution < 1.29 is 14.3 Å². The predicted octanol–water partition coefficient (Wildman–Crippen LogP) is 3.37. The molecule has 0 amide bonds. The summed E-state index contributed by atoms with van der Waals surface area (Å²) in [4.78, 5) is 26.4. The highest BCUT2D eigenvalue weighted by atomic mass is 16.5. The van der Waals surface area contributed by atoms with Crippen LogP contribution in [-0.4, -0.2) is 43.2 Å². The third-order valence-electron chi connectivity index (χ3n) is 5.66. The molecular formula is C21H29NO3. The van der Waals surface area contributed by atoms with Gasteiger partial charge in [0, 0.05) is 18.9 Å². The number of Topliss-reactive ketones (excluding diaryl/α,β-unsaturated/α-hetero) is 1. The lowest BCUT2D eigenvalue weighted by Gasteiger charge is -2.37. The number of nitrogens with zero attached hydrogens (tertiary/aromatic N) is 1. The predicted molar refractivity (Wildman–Crippen MR) is 98.1 cm³/mol. The summed E-state index contributed by atoms with van der Waals surface area (Å²) in [5.74, 6) is 1.79. The number of likely N-dealkylation sites (N-methyl/N-ethyl adjacent to an activating group) is 1. The average molecular weight is 343 g/mol. The summed E-state index contributed by atoms with van der Waals surface area (Å²) in [7, 11) is 1.66. The fourth-order valence-electron chi connectivity index (χ4n) is 4.03. The smallest absolute Gasteiger partial charge is 0.157 e. The third kappa shape index (κ3) is 4.12. The lowest BCUT2D eigenvalue weighted by molar-refractivity contribution is -0.126. The van der Waals surface area contributed by atoms with Crippen molar-refractivity contribution in [2.45, 2.75) is 57.4 Å². The molecule has 1 aromatic rings. The molecule has 0 bridgehead atoms. The Hall–Kier alpha value is -1.68. The topological polar surface area (TPSA) is 46.6 Å². The van der Waals surface area contributed by atoms with Crippen LogP contribution < -0.4 is 4.74 Å². The zero-order valence-corrected chi connectivity index (χ0v) is 15.4. The Morgan fingerprint density at radius 3 is 2.76 bits per heavy atom. The molecule has 2 aliphatic carbocycles. The van der Waals surface area contributed by atoms with Crippen molar-refractivity contribution >= 4 is 12.1 Å². The maximum absolute atomic E-state index is 13.3. The maximum atomic E-state index is 13.3. The minimum atomic E-state index is -0.114. The van der Waals surface area contributed by atoms with Gasteiger partial charge in [-0.3, -0.25) is 9.69 Å². The molecule has 0 N–H and O–H groups in total. The zero-order valence-electron chi connectivity index (χ0n) is 15.4. The number of fused-ring (bicyclic) bond motifs is 1. The fourth-order valence-corrected chi connectivity index (χ4v) is 4.03. The Morgan fingerprint density at radius 2 is 2.12 bits per heavy atom. The summed E-state index contributed by atoms with van der Waals surface area (Å²) in [6.07, 6.45) is 6.37. The number of methoxy groups -OCH3 is 1. The number of benzene rings is 1. The van der Waals surface area contributed by atoms with Gasteiger partial charge in [-0.15, -0.1) is 0 Å². The Balaban J connectivity index is 1.87. The summed E-state index contributed by atoms with van der Waals surface area (Å²) < 4.78 is 5.37. The molecule has 1 aromatic carbocycles. The molecule has 4 nitrogen and oxygen atoms in total. The van der Waals surface area contributed by atoms with Crippen molar-refractivity contribution in [3.8, 4) is 5.75 Å². The minimum absolute atomic E-state index is 0.0206. The standard InChI is InChI=1S/C21H29NO3/c1-3-22(14-15-7-8-15)20-12-16-9-10-17(25-2)13-19(16)18(21(20)24)6-4-5-11-23/h9-11,13,15,18,20H,3-8,12,14H2,1-2H3/t18?,20-/m1/s1. The van der Waals surface area contributed by atoms with Crippen LogP contribution in [0.5, 0.6) is 5.75 Å². The van der Waals surface area contributed by atoms with E-state index < -0.39 is 0 Å². The summed E-state index contributed by atoms with van der Waals surface area (Å²) >= 11 is 0. The van der Waals surface area contributed by atoms with Gasteiger partial charge in [0.1, 0.15) is 12.0 Å². The normalized spacial score (nSPS) is 22.8. The summed E-state index contributed by atoms with van der Waals surface area (Å²) in [6, 6.07) is 6.11. The molecule has 4 heteroatoms. The first-order chi connectivity index (χ1) is 12.2. The van der Waals surface area contributed by atoms with E-state index in [0.717, 1.165) is 55.9 Å². The SMILES string of the molecule is CCN(CC1CC1)[C@@H]1Cc2ccc(OC)cc2C(CCCC=O)C1=O. The van der Waals surface area contributed by atoms with E-state index in [-0.39, 0.29) is 12.0 Å². The van der Waals surface area contributed by atoms with E-state index in [0.29, 0.717) is 12.2 Å². The lowest BCUT2D eigenvalue weighted by Crippen LogP contribution is -2.48. The Labute approximate surface area is 150 Å². The van der Waals surface area contributed by atoms with Crippen LogP contribution in [0.3, 0.4) is 0 Å². The van der Waals surface area contributed by atoms with Crippen LogP contribution in [0.4, 0.5) is 0 Å². The first kappa shape index (κ1) is 18.1. The quantitative estimate of drug-likeness (QED) is 0.509.